The summed E-state index contributed by atoms with van der Waals surface area (Å²) in [6, 6.07) is 24.4. The highest BCUT2D eigenvalue weighted by molar-refractivity contribution is 6.62. The lowest BCUT2D eigenvalue weighted by atomic mass is 9.79. The third kappa shape index (κ3) is 4.21. The zero-order chi connectivity index (χ0) is 22.9. The van der Waals surface area contributed by atoms with Gasteiger partial charge in [0.15, 0.2) is 0 Å². The fourth-order valence-electron chi connectivity index (χ4n) is 3.67. The van der Waals surface area contributed by atoms with E-state index >= 15 is 0 Å². The highest BCUT2D eigenvalue weighted by atomic mass is 16.7. The molecular formula is C26H30BNO4. The smallest absolute Gasteiger partial charge is 0.494 e. The number of anilines is 3. The van der Waals surface area contributed by atoms with Gasteiger partial charge in [-0.3, -0.25) is 0 Å². The number of methoxy groups -OCH3 is 2. The largest absolute Gasteiger partial charge is 0.497 e. The van der Waals surface area contributed by atoms with Gasteiger partial charge in [0.1, 0.15) is 11.5 Å². The van der Waals surface area contributed by atoms with Crippen LogP contribution in [0.25, 0.3) is 0 Å². The summed E-state index contributed by atoms with van der Waals surface area (Å²) in [5, 5.41) is 0. The second-order valence-electron chi connectivity index (χ2n) is 8.91. The van der Waals surface area contributed by atoms with Crippen molar-refractivity contribution in [2.75, 3.05) is 19.1 Å². The van der Waals surface area contributed by atoms with Crippen molar-refractivity contribution >= 4 is 29.6 Å². The van der Waals surface area contributed by atoms with Crippen LogP contribution in [0.1, 0.15) is 27.7 Å². The number of rotatable bonds is 6. The molecule has 3 aromatic carbocycles. The van der Waals surface area contributed by atoms with Crippen LogP contribution in [0.5, 0.6) is 11.5 Å². The van der Waals surface area contributed by atoms with Crippen molar-refractivity contribution in [3.8, 4) is 11.5 Å². The Hall–Kier alpha value is -2.96. The zero-order valence-electron chi connectivity index (χ0n) is 19.6. The number of hydrogen-bond acceptors (Lipinski definition) is 5. The maximum atomic E-state index is 6.21. The third-order valence-electron chi connectivity index (χ3n) is 6.34. The van der Waals surface area contributed by atoms with Crippen LogP contribution in [0, 0.1) is 0 Å². The maximum absolute atomic E-state index is 6.21. The van der Waals surface area contributed by atoms with Crippen molar-refractivity contribution in [3.63, 3.8) is 0 Å². The maximum Gasteiger partial charge on any atom is 0.494 e. The summed E-state index contributed by atoms with van der Waals surface area (Å²) in [5.74, 6) is 1.64. The minimum atomic E-state index is -0.385. The summed E-state index contributed by atoms with van der Waals surface area (Å²) in [6.45, 7) is 8.26. The van der Waals surface area contributed by atoms with E-state index in [4.69, 9.17) is 18.8 Å². The van der Waals surface area contributed by atoms with Crippen LogP contribution in [0.15, 0.2) is 72.8 Å². The number of ether oxygens (including phenoxy) is 2. The van der Waals surface area contributed by atoms with Gasteiger partial charge in [0.2, 0.25) is 0 Å². The van der Waals surface area contributed by atoms with E-state index in [2.05, 4.69) is 56.9 Å². The fourth-order valence-corrected chi connectivity index (χ4v) is 3.67. The van der Waals surface area contributed by atoms with E-state index in [9.17, 15) is 0 Å². The Kier molecular flexibility index (Phi) is 5.93. The Balaban J connectivity index is 1.68. The normalized spacial score (nSPS) is 16.6. The van der Waals surface area contributed by atoms with Crippen molar-refractivity contribution in [1.82, 2.24) is 0 Å². The molecule has 1 fully saturated rings. The number of hydrogen-bond donors (Lipinski definition) is 0. The van der Waals surface area contributed by atoms with Gasteiger partial charge < -0.3 is 23.7 Å². The lowest BCUT2D eigenvalue weighted by Crippen LogP contribution is -2.41. The van der Waals surface area contributed by atoms with Crippen LogP contribution in [0.4, 0.5) is 17.1 Å². The van der Waals surface area contributed by atoms with E-state index in [0.717, 1.165) is 34.0 Å². The molecule has 0 unspecified atom stereocenters. The average Bonchev–Trinajstić information content (AvgIpc) is 3.02. The minimum absolute atomic E-state index is 0.367. The van der Waals surface area contributed by atoms with Gasteiger partial charge >= 0.3 is 7.12 Å². The van der Waals surface area contributed by atoms with Crippen molar-refractivity contribution in [2.24, 2.45) is 0 Å². The van der Waals surface area contributed by atoms with Gasteiger partial charge in [-0.05, 0) is 93.8 Å². The molecule has 0 N–H and O–H groups in total. The molecule has 1 aliphatic rings. The zero-order valence-corrected chi connectivity index (χ0v) is 19.6. The summed E-state index contributed by atoms with van der Waals surface area (Å²) in [4.78, 5) is 2.19. The molecule has 1 saturated heterocycles. The molecule has 1 aliphatic heterocycles. The first-order chi connectivity index (χ1) is 15.2. The van der Waals surface area contributed by atoms with Crippen molar-refractivity contribution in [2.45, 2.75) is 38.9 Å². The van der Waals surface area contributed by atoms with Gasteiger partial charge in [-0.25, -0.2) is 0 Å². The Labute approximate surface area is 191 Å². The van der Waals surface area contributed by atoms with E-state index in [1.807, 2.05) is 48.5 Å². The molecule has 0 atom stereocenters. The highest BCUT2D eigenvalue weighted by Crippen LogP contribution is 2.38. The van der Waals surface area contributed by atoms with Crippen LogP contribution >= 0.6 is 0 Å². The van der Waals surface area contributed by atoms with E-state index in [0.29, 0.717) is 0 Å². The molecule has 0 saturated carbocycles. The Morgan fingerprint density at radius 1 is 0.594 bits per heavy atom. The monoisotopic (exact) mass is 431 g/mol. The molecule has 32 heavy (non-hydrogen) atoms. The molecule has 1 heterocycles. The first-order valence-electron chi connectivity index (χ1n) is 10.8. The standard InChI is InChI=1S/C26H30BNO4/c1-25(2)26(3,4)32-27(31-25)19-7-9-20(10-8-19)28(21-11-15-23(29-5)16-12-21)22-13-17-24(30-6)18-14-22/h7-18H,1-6H3. The van der Waals surface area contributed by atoms with Crippen molar-refractivity contribution < 1.29 is 18.8 Å². The minimum Gasteiger partial charge on any atom is -0.497 e. The van der Waals surface area contributed by atoms with Gasteiger partial charge in [-0.15, -0.1) is 0 Å². The SMILES string of the molecule is COc1ccc(N(c2ccc(OC)cc2)c2ccc(B3OC(C)(C)C(C)(C)O3)cc2)cc1. The first kappa shape index (κ1) is 22.2. The van der Waals surface area contributed by atoms with E-state index in [1.165, 1.54) is 0 Å². The highest BCUT2D eigenvalue weighted by Gasteiger charge is 2.51. The van der Waals surface area contributed by atoms with Gasteiger partial charge in [-0.1, -0.05) is 12.1 Å². The fraction of sp³-hybridized carbons (Fsp3) is 0.308. The molecule has 4 rings (SSSR count). The number of benzene rings is 3. The lowest BCUT2D eigenvalue weighted by molar-refractivity contribution is 0.00578. The Morgan fingerprint density at radius 2 is 0.938 bits per heavy atom. The molecule has 5 nitrogen and oxygen atoms in total. The molecule has 0 bridgehead atoms. The van der Waals surface area contributed by atoms with E-state index in [1.54, 1.807) is 14.2 Å². The van der Waals surface area contributed by atoms with Crippen molar-refractivity contribution in [3.05, 3.63) is 72.8 Å². The molecule has 6 heteroatoms. The van der Waals surface area contributed by atoms with E-state index < -0.39 is 0 Å². The summed E-state index contributed by atoms with van der Waals surface area (Å²) in [5.41, 5.74) is 3.35. The van der Waals surface area contributed by atoms with Crippen LogP contribution in [-0.4, -0.2) is 32.5 Å². The summed E-state index contributed by atoms with van der Waals surface area (Å²) < 4.78 is 23.1. The first-order valence-corrected chi connectivity index (χ1v) is 10.8. The molecule has 3 aromatic rings. The predicted molar refractivity (Wildman–Crippen MR) is 130 cm³/mol. The quantitative estimate of drug-likeness (QED) is 0.484. The summed E-state index contributed by atoms with van der Waals surface area (Å²) >= 11 is 0. The molecular weight excluding hydrogens is 401 g/mol. The van der Waals surface area contributed by atoms with Gasteiger partial charge in [0.05, 0.1) is 25.4 Å². The van der Waals surface area contributed by atoms with Gasteiger partial charge in [0.25, 0.3) is 0 Å². The average molecular weight is 431 g/mol. The third-order valence-corrected chi connectivity index (χ3v) is 6.34. The molecule has 166 valence electrons. The molecule has 0 aliphatic carbocycles. The summed E-state index contributed by atoms with van der Waals surface area (Å²) in [7, 11) is 2.96. The van der Waals surface area contributed by atoms with Gasteiger partial charge in [-0.2, -0.15) is 0 Å². The van der Waals surface area contributed by atoms with Crippen LogP contribution in [0.3, 0.4) is 0 Å². The number of nitrogens with zero attached hydrogens (tertiary/aromatic N) is 1. The summed E-state index contributed by atoms with van der Waals surface area (Å²) in [6.07, 6.45) is 0. The van der Waals surface area contributed by atoms with Crippen LogP contribution in [-0.2, 0) is 9.31 Å². The second kappa shape index (κ2) is 8.53. The Bertz CT molecular complexity index is 983. The molecule has 0 spiro atoms. The Morgan fingerprint density at radius 3 is 1.28 bits per heavy atom. The van der Waals surface area contributed by atoms with Gasteiger partial charge in [0, 0.05) is 17.1 Å². The van der Waals surface area contributed by atoms with Crippen LogP contribution in [0.2, 0.25) is 0 Å². The molecule has 0 aromatic heterocycles. The van der Waals surface area contributed by atoms with E-state index in [-0.39, 0.29) is 18.3 Å². The van der Waals surface area contributed by atoms with Crippen molar-refractivity contribution in [1.29, 1.82) is 0 Å². The predicted octanol–water partition coefficient (Wildman–Crippen LogP) is 5.47. The topological polar surface area (TPSA) is 40.2 Å². The second-order valence-corrected chi connectivity index (χ2v) is 8.91. The molecule has 0 amide bonds. The molecule has 0 radical (unpaired) electrons. The lowest BCUT2D eigenvalue weighted by Gasteiger charge is -2.32. The van der Waals surface area contributed by atoms with Crippen LogP contribution < -0.4 is 19.8 Å².